The fourth-order valence-electron chi connectivity index (χ4n) is 5.12. The van der Waals surface area contributed by atoms with Crippen LogP contribution in [-0.4, -0.2) is 34.8 Å². The highest BCUT2D eigenvalue weighted by molar-refractivity contribution is 7.08. The maximum atomic E-state index is 12.8. The molecule has 2 aliphatic carbocycles. The van der Waals surface area contributed by atoms with Crippen molar-refractivity contribution in [3.05, 3.63) is 93.9 Å². The van der Waals surface area contributed by atoms with Gasteiger partial charge in [0.15, 0.2) is 0 Å². The molecular weight excluding hydrogens is 466 g/mol. The molecule has 5 rings (SSSR count). The number of carbonyl (C=O) groups is 2. The van der Waals surface area contributed by atoms with Gasteiger partial charge in [-0.05, 0) is 95.3 Å². The second kappa shape index (κ2) is 10.6. The summed E-state index contributed by atoms with van der Waals surface area (Å²) >= 11 is 1.73. The summed E-state index contributed by atoms with van der Waals surface area (Å²) in [4.78, 5) is 31.9. The number of thiophene rings is 1. The summed E-state index contributed by atoms with van der Waals surface area (Å²) in [5.74, 6) is 1.62. The molecule has 6 heteroatoms. The molecule has 5 nitrogen and oxygen atoms in total. The Hall–Kier alpha value is -3.51. The van der Waals surface area contributed by atoms with Crippen LogP contribution in [0.4, 0.5) is 5.82 Å². The molecule has 2 aromatic rings. The van der Waals surface area contributed by atoms with Gasteiger partial charge in [-0.1, -0.05) is 36.8 Å². The topological polar surface area (TPSA) is 62.3 Å². The van der Waals surface area contributed by atoms with Gasteiger partial charge in [-0.3, -0.25) is 9.59 Å². The van der Waals surface area contributed by atoms with Gasteiger partial charge in [0.1, 0.15) is 5.82 Å². The Morgan fingerprint density at radius 1 is 1.19 bits per heavy atom. The van der Waals surface area contributed by atoms with Crippen molar-refractivity contribution in [1.29, 1.82) is 0 Å². The van der Waals surface area contributed by atoms with E-state index in [9.17, 15) is 9.59 Å². The quantitative estimate of drug-likeness (QED) is 0.506. The third-order valence-corrected chi connectivity index (χ3v) is 7.72. The molecule has 36 heavy (non-hydrogen) atoms. The van der Waals surface area contributed by atoms with Crippen LogP contribution in [0.5, 0.6) is 0 Å². The number of fused-ring (bicyclic) bond motifs is 1. The van der Waals surface area contributed by atoms with Gasteiger partial charge in [-0.25, -0.2) is 4.98 Å². The summed E-state index contributed by atoms with van der Waals surface area (Å²) in [7, 11) is 0. The van der Waals surface area contributed by atoms with Gasteiger partial charge in [-0.2, -0.15) is 11.3 Å². The fourth-order valence-corrected chi connectivity index (χ4v) is 5.80. The Bertz CT molecular complexity index is 1280. The van der Waals surface area contributed by atoms with E-state index in [-0.39, 0.29) is 11.8 Å². The van der Waals surface area contributed by atoms with Crippen molar-refractivity contribution in [2.45, 2.75) is 26.7 Å². The van der Waals surface area contributed by atoms with Gasteiger partial charge >= 0.3 is 0 Å². The van der Waals surface area contributed by atoms with E-state index < -0.39 is 0 Å². The van der Waals surface area contributed by atoms with Gasteiger partial charge in [0.05, 0.1) is 0 Å². The van der Waals surface area contributed by atoms with Crippen LogP contribution >= 0.6 is 11.3 Å². The number of aromatic nitrogens is 1. The lowest BCUT2D eigenvalue weighted by molar-refractivity contribution is -0.125. The number of carbonyl (C=O) groups excluding carboxylic acids is 2. The minimum atomic E-state index is -0.168. The first kappa shape index (κ1) is 24.2. The van der Waals surface area contributed by atoms with Crippen LogP contribution in [-0.2, 0) is 9.59 Å². The third kappa shape index (κ3) is 5.65. The molecule has 0 saturated carbocycles. The second-order valence-electron chi connectivity index (χ2n) is 9.97. The molecule has 1 saturated heterocycles. The largest absolute Gasteiger partial charge is 0.338 e. The summed E-state index contributed by atoms with van der Waals surface area (Å²) in [5.41, 5.74) is 5.27. The van der Waals surface area contributed by atoms with Crippen LogP contribution in [0.15, 0.2) is 82.8 Å². The van der Waals surface area contributed by atoms with Crippen molar-refractivity contribution >= 4 is 40.6 Å². The van der Waals surface area contributed by atoms with Gasteiger partial charge < -0.3 is 10.2 Å². The average Bonchev–Trinajstić information content (AvgIpc) is 3.58. The van der Waals surface area contributed by atoms with E-state index in [4.69, 9.17) is 0 Å². The molecule has 3 aliphatic rings. The number of allylic oxidation sites excluding steroid dienone is 5. The molecule has 184 valence electrons. The number of rotatable bonds is 5. The maximum Gasteiger partial charge on any atom is 0.256 e. The van der Waals surface area contributed by atoms with Crippen molar-refractivity contribution in [3.8, 4) is 0 Å². The minimum absolute atomic E-state index is 0.0359. The van der Waals surface area contributed by atoms with Crippen LogP contribution in [0.3, 0.4) is 0 Å². The summed E-state index contributed by atoms with van der Waals surface area (Å²) in [6, 6.07) is 5.81. The number of amides is 2. The molecule has 3 atom stereocenters. The zero-order valence-corrected chi connectivity index (χ0v) is 21.5. The highest BCUT2D eigenvalue weighted by atomic mass is 32.1. The van der Waals surface area contributed by atoms with Crippen molar-refractivity contribution < 1.29 is 9.59 Å². The van der Waals surface area contributed by atoms with Crippen molar-refractivity contribution in [3.63, 3.8) is 0 Å². The monoisotopic (exact) mass is 497 g/mol. The number of nitrogens with one attached hydrogen (secondary N) is 1. The van der Waals surface area contributed by atoms with Crippen LogP contribution in [0.2, 0.25) is 0 Å². The Kier molecular flexibility index (Phi) is 7.14. The van der Waals surface area contributed by atoms with Crippen LogP contribution in [0, 0.1) is 17.8 Å². The molecule has 2 aromatic heterocycles. The summed E-state index contributed by atoms with van der Waals surface area (Å²) < 4.78 is 0. The van der Waals surface area contributed by atoms with Gasteiger partial charge in [0.2, 0.25) is 5.91 Å². The molecule has 3 heterocycles. The lowest BCUT2D eigenvalue weighted by Gasteiger charge is -2.15. The lowest BCUT2D eigenvalue weighted by atomic mass is 9.98. The van der Waals surface area contributed by atoms with E-state index >= 15 is 0 Å². The summed E-state index contributed by atoms with van der Waals surface area (Å²) in [6.07, 6.45) is 17.5. The lowest BCUT2D eigenvalue weighted by Crippen LogP contribution is -2.27. The highest BCUT2D eigenvalue weighted by Gasteiger charge is 2.37. The van der Waals surface area contributed by atoms with Crippen molar-refractivity contribution in [2.75, 3.05) is 18.4 Å². The molecule has 2 unspecified atom stereocenters. The molecule has 0 bridgehead atoms. The third-order valence-electron chi connectivity index (χ3n) is 7.04. The molecule has 1 N–H and O–H groups in total. The maximum absolute atomic E-state index is 12.8. The van der Waals surface area contributed by atoms with E-state index in [0.717, 1.165) is 37.1 Å². The number of hydrogen-bond donors (Lipinski definition) is 1. The zero-order chi connectivity index (χ0) is 25.1. The molecule has 0 spiro atoms. The van der Waals surface area contributed by atoms with E-state index in [2.05, 4.69) is 46.2 Å². The first-order valence-corrected chi connectivity index (χ1v) is 13.4. The first-order chi connectivity index (χ1) is 17.4. The van der Waals surface area contributed by atoms with Crippen molar-refractivity contribution in [2.24, 2.45) is 17.8 Å². The number of hydrogen-bond acceptors (Lipinski definition) is 4. The predicted molar refractivity (Wildman–Crippen MR) is 147 cm³/mol. The Morgan fingerprint density at radius 3 is 2.83 bits per heavy atom. The molecule has 1 fully saturated rings. The minimum Gasteiger partial charge on any atom is -0.338 e. The van der Waals surface area contributed by atoms with Crippen LogP contribution in [0.1, 0.15) is 37.8 Å². The van der Waals surface area contributed by atoms with Gasteiger partial charge in [-0.15, -0.1) is 0 Å². The number of likely N-dealkylation sites (tertiary alicyclic amines) is 1. The molecule has 0 aromatic carbocycles. The number of anilines is 1. The summed E-state index contributed by atoms with van der Waals surface area (Å²) in [5, 5.41) is 7.20. The Morgan fingerprint density at radius 2 is 2.08 bits per heavy atom. The molecule has 0 radical (unpaired) electrons. The van der Waals surface area contributed by atoms with Gasteiger partial charge in [0.25, 0.3) is 5.91 Å². The number of nitrogens with zero attached hydrogens (tertiary/aromatic N) is 2. The van der Waals surface area contributed by atoms with E-state index in [1.807, 2.05) is 36.1 Å². The molecular formula is C30H31N3O2S. The van der Waals surface area contributed by atoms with Crippen LogP contribution in [0.25, 0.3) is 11.6 Å². The highest BCUT2D eigenvalue weighted by Crippen LogP contribution is 2.41. The van der Waals surface area contributed by atoms with Gasteiger partial charge in [0, 0.05) is 30.9 Å². The Labute approximate surface area is 216 Å². The van der Waals surface area contributed by atoms with E-state index in [1.54, 1.807) is 35.8 Å². The second-order valence-corrected chi connectivity index (χ2v) is 10.7. The SMILES string of the molecule is CC1=C/C(C(=O)Nc2ccc(/C=C/C(=O)N3CC4C=C(c5ccsc5)CC4C3)cn2)=C\[C@H](C)C\C=C\1. The fraction of sp³-hybridized carbons (Fsp3) is 0.300. The number of pyridine rings is 1. The van der Waals surface area contributed by atoms with Crippen molar-refractivity contribution in [1.82, 2.24) is 9.88 Å². The zero-order valence-electron chi connectivity index (χ0n) is 20.7. The van der Waals surface area contributed by atoms with E-state index in [0.29, 0.717) is 29.1 Å². The molecule has 1 aliphatic heterocycles. The normalized spacial score (nSPS) is 27.3. The predicted octanol–water partition coefficient (Wildman–Crippen LogP) is 6.13. The average molecular weight is 498 g/mol. The van der Waals surface area contributed by atoms with E-state index in [1.165, 1.54) is 11.1 Å². The Balaban J connectivity index is 1.16. The first-order valence-electron chi connectivity index (χ1n) is 12.5. The summed E-state index contributed by atoms with van der Waals surface area (Å²) in [6.45, 7) is 5.67. The standard InChI is InChI=1S/C30H31N3O2S/c1-20-4-3-5-21(2)13-25(12-20)30(35)32-28-8-6-22(16-31-28)7-9-29(34)33-17-26-14-24(15-27(26)18-33)23-10-11-36-19-23/h3-4,6-14,16,19,21,26-27H,5,15,17-18H2,1-2H3,(H,31,32,35)/b4-3+,9-7+,20-12-,25-13+/t21-,26?,27?/m1/s1. The smallest absolute Gasteiger partial charge is 0.256 e. The van der Waals surface area contributed by atoms with Crippen LogP contribution < -0.4 is 5.32 Å². The molecule has 2 amide bonds.